The van der Waals surface area contributed by atoms with Gasteiger partial charge in [0, 0.05) is 25.7 Å². The lowest BCUT2D eigenvalue weighted by atomic mass is 9.80. The van der Waals surface area contributed by atoms with Gasteiger partial charge in [0.2, 0.25) is 0 Å². The number of nitrogens with zero attached hydrogens (tertiary/aromatic N) is 3. The molecule has 1 unspecified atom stereocenters. The highest BCUT2D eigenvalue weighted by atomic mass is 127. The van der Waals surface area contributed by atoms with Gasteiger partial charge in [-0.3, -0.25) is 9.89 Å². The van der Waals surface area contributed by atoms with E-state index in [4.69, 9.17) is 4.99 Å². The molecule has 3 aliphatic rings. The fraction of sp³-hybridized carbons (Fsp3) is 0.941. The lowest BCUT2D eigenvalue weighted by Crippen LogP contribution is -2.46. The van der Waals surface area contributed by atoms with Gasteiger partial charge in [-0.1, -0.05) is 6.42 Å². The van der Waals surface area contributed by atoms with Crippen molar-refractivity contribution in [2.75, 3.05) is 39.3 Å². The molecule has 1 saturated carbocycles. The van der Waals surface area contributed by atoms with Crippen LogP contribution in [0.3, 0.4) is 0 Å². The second kappa shape index (κ2) is 8.85. The Morgan fingerprint density at radius 3 is 2.52 bits per heavy atom. The van der Waals surface area contributed by atoms with Gasteiger partial charge in [0.15, 0.2) is 5.96 Å². The molecule has 5 nitrogen and oxygen atoms in total. The first-order chi connectivity index (χ1) is 10.7. The Bertz CT molecular complexity index is 394. The van der Waals surface area contributed by atoms with Crippen LogP contribution in [0.15, 0.2) is 4.99 Å². The van der Waals surface area contributed by atoms with Crippen LogP contribution in [-0.4, -0.2) is 71.8 Å². The number of nitrogens with one attached hydrogen (secondary N) is 1. The monoisotopic (exact) mass is 436 g/mol. The number of likely N-dealkylation sites (tertiary alicyclic amines) is 2. The van der Waals surface area contributed by atoms with Gasteiger partial charge in [-0.25, -0.2) is 0 Å². The zero-order valence-corrected chi connectivity index (χ0v) is 16.8. The number of hydrogen-bond donors (Lipinski definition) is 2. The van der Waals surface area contributed by atoms with Crippen LogP contribution in [0.1, 0.15) is 51.9 Å². The summed E-state index contributed by atoms with van der Waals surface area (Å²) in [5.41, 5.74) is -0.521. The first-order valence-electron chi connectivity index (χ1n) is 9.20. The molecule has 1 atom stereocenters. The Labute approximate surface area is 157 Å². The van der Waals surface area contributed by atoms with Crippen LogP contribution in [0.4, 0.5) is 0 Å². The van der Waals surface area contributed by atoms with Crippen LogP contribution in [0.25, 0.3) is 0 Å². The molecule has 0 radical (unpaired) electrons. The number of rotatable bonds is 4. The molecule has 3 rings (SSSR count). The maximum absolute atomic E-state index is 10.3. The van der Waals surface area contributed by atoms with Gasteiger partial charge in [0.05, 0.1) is 12.1 Å². The van der Waals surface area contributed by atoms with Crippen molar-refractivity contribution in [2.24, 2.45) is 4.99 Å². The van der Waals surface area contributed by atoms with Crippen LogP contribution < -0.4 is 5.32 Å². The fourth-order valence-corrected chi connectivity index (χ4v) is 3.91. The van der Waals surface area contributed by atoms with E-state index in [0.29, 0.717) is 12.6 Å². The van der Waals surface area contributed by atoms with E-state index in [1.807, 2.05) is 0 Å². The van der Waals surface area contributed by atoms with Crippen LogP contribution in [0, 0.1) is 0 Å². The molecule has 0 aromatic carbocycles. The molecular weight excluding hydrogens is 403 g/mol. The van der Waals surface area contributed by atoms with Crippen molar-refractivity contribution in [3.8, 4) is 0 Å². The number of hydrogen-bond acceptors (Lipinski definition) is 3. The van der Waals surface area contributed by atoms with E-state index in [0.717, 1.165) is 44.9 Å². The van der Waals surface area contributed by atoms with Gasteiger partial charge in [-0.05, 0) is 58.5 Å². The number of guanidine groups is 1. The molecule has 0 spiro atoms. The summed E-state index contributed by atoms with van der Waals surface area (Å²) in [6.45, 7) is 8.28. The van der Waals surface area contributed by atoms with Gasteiger partial charge in [-0.15, -0.1) is 24.0 Å². The highest BCUT2D eigenvalue weighted by Gasteiger charge is 2.35. The third kappa shape index (κ3) is 4.95. The second-order valence-corrected chi connectivity index (χ2v) is 7.23. The quantitative estimate of drug-likeness (QED) is 0.403. The number of aliphatic hydroxyl groups is 1. The number of piperidine rings is 1. The lowest BCUT2D eigenvalue weighted by molar-refractivity contribution is -0.0237. The third-order valence-corrected chi connectivity index (χ3v) is 5.51. The van der Waals surface area contributed by atoms with Gasteiger partial charge in [0.25, 0.3) is 0 Å². The molecule has 2 saturated heterocycles. The zero-order valence-electron chi connectivity index (χ0n) is 14.5. The van der Waals surface area contributed by atoms with Crippen molar-refractivity contribution < 1.29 is 5.11 Å². The highest BCUT2D eigenvalue weighted by Crippen LogP contribution is 2.31. The van der Waals surface area contributed by atoms with Gasteiger partial charge in [0.1, 0.15) is 0 Å². The van der Waals surface area contributed by atoms with Crippen molar-refractivity contribution in [3.63, 3.8) is 0 Å². The van der Waals surface area contributed by atoms with Crippen LogP contribution in [0.2, 0.25) is 0 Å². The summed E-state index contributed by atoms with van der Waals surface area (Å²) in [4.78, 5) is 9.80. The summed E-state index contributed by atoms with van der Waals surface area (Å²) >= 11 is 0. The van der Waals surface area contributed by atoms with Crippen LogP contribution in [-0.2, 0) is 0 Å². The molecular formula is C17H33IN4O. The molecule has 23 heavy (non-hydrogen) atoms. The Hall–Kier alpha value is -0.0800. The summed E-state index contributed by atoms with van der Waals surface area (Å²) < 4.78 is 0. The van der Waals surface area contributed by atoms with Gasteiger partial charge >= 0.3 is 0 Å². The molecule has 134 valence electrons. The van der Waals surface area contributed by atoms with E-state index < -0.39 is 5.60 Å². The standard InChI is InChI=1S/C17H32N4O.HI/c1-2-18-16(19-14-17(22)8-6-9-17)21-12-7-15(13-21)20-10-4-3-5-11-20;/h15,22H,2-14H2,1H3,(H,18,19);1H. The van der Waals surface area contributed by atoms with Crippen molar-refractivity contribution >= 4 is 29.9 Å². The molecule has 2 aliphatic heterocycles. The minimum atomic E-state index is -0.521. The van der Waals surface area contributed by atoms with E-state index in [-0.39, 0.29) is 24.0 Å². The maximum atomic E-state index is 10.3. The smallest absolute Gasteiger partial charge is 0.194 e. The van der Waals surface area contributed by atoms with E-state index in [2.05, 4.69) is 22.0 Å². The van der Waals surface area contributed by atoms with Crippen molar-refractivity contribution in [1.82, 2.24) is 15.1 Å². The first kappa shape index (κ1) is 19.2. The minimum Gasteiger partial charge on any atom is -0.388 e. The van der Waals surface area contributed by atoms with Crippen LogP contribution in [0.5, 0.6) is 0 Å². The normalized spacial score (nSPS) is 28.2. The predicted octanol–water partition coefficient (Wildman–Crippen LogP) is 2.05. The van der Waals surface area contributed by atoms with Crippen molar-refractivity contribution in [1.29, 1.82) is 0 Å². The predicted molar refractivity (Wildman–Crippen MR) is 106 cm³/mol. The number of aliphatic imine (C=N–C) groups is 1. The average molecular weight is 436 g/mol. The molecule has 0 aromatic heterocycles. The topological polar surface area (TPSA) is 51.1 Å². The second-order valence-electron chi connectivity index (χ2n) is 7.23. The molecule has 2 heterocycles. The maximum Gasteiger partial charge on any atom is 0.194 e. The summed E-state index contributed by atoms with van der Waals surface area (Å²) in [5.74, 6) is 1.00. The van der Waals surface area contributed by atoms with Gasteiger partial charge < -0.3 is 15.3 Å². The van der Waals surface area contributed by atoms with Crippen LogP contribution >= 0.6 is 24.0 Å². The Morgan fingerprint density at radius 1 is 1.17 bits per heavy atom. The molecule has 0 amide bonds. The first-order valence-corrected chi connectivity index (χ1v) is 9.20. The van der Waals surface area contributed by atoms with E-state index in [1.165, 1.54) is 38.8 Å². The Morgan fingerprint density at radius 2 is 1.91 bits per heavy atom. The highest BCUT2D eigenvalue weighted by molar-refractivity contribution is 14.0. The Kier molecular flexibility index (Phi) is 7.41. The molecule has 2 N–H and O–H groups in total. The van der Waals surface area contributed by atoms with Crippen molar-refractivity contribution in [2.45, 2.75) is 63.5 Å². The lowest BCUT2D eigenvalue weighted by Gasteiger charge is -2.35. The summed E-state index contributed by atoms with van der Waals surface area (Å²) in [7, 11) is 0. The SMILES string of the molecule is CCNC(=NCC1(O)CCC1)N1CCC(N2CCCCC2)C1.I. The Balaban J connectivity index is 0.00000192. The molecule has 0 bridgehead atoms. The largest absolute Gasteiger partial charge is 0.388 e. The van der Waals surface area contributed by atoms with E-state index in [9.17, 15) is 5.11 Å². The fourth-order valence-electron chi connectivity index (χ4n) is 3.91. The van der Waals surface area contributed by atoms with E-state index >= 15 is 0 Å². The zero-order chi connectivity index (χ0) is 15.4. The van der Waals surface area contributed by atoms with E-state index in [1.54, 1.807) is 0 Å². The summed E-state index contributed by atoms with van der Waals surface area (Å²) in [5, 5.41) is 13.7. The number of halogens is 1. The minimum absolute atomic E-state index is 0. The summed E-state index contributed by atoms with van der Waals surface area (Å²) in [6.07, 6.45) is 8.32. The third-order valence-electron chi connectivity index (χ3n) is 5.51. The average Bonchev–Trinajstić information content (AvgIpc) is 3.00. The van der Waals surface area contributed by atoms with Crippen molar-refractivity contribution in [3.05, 3.63) is 0 Å². The molecule has 0 aromatic rings. The molecule has 3 fully saturated rings. The molecule has 1 aliphatic carbocycles. The van der Waals surface area contributed by atoms with Gasteiger partial charge in [-0.2, -0.15) is 0 Å². The summed E-state index contributed by atoms with van der Waals surface area (Å²) in [6, 6.07) is 0.691. The molecule has 6 heteroatoms.